The highest BCUT2D eigenvalue weighted by atomic mass is 16.5. The summed E-state index contributed by atoms with van der Waals surface area (Å²) in [5.41, 5.74) is 6.24. The van der Waals surface area contributed by atoms with E-state index in [9.17, 15) is 0 Å². The topological polar surface area (TPSA) is 61.0 Å². The van der Waals surface area contributed by atoms with Crippen LogP contribution in [0, 0.1) is 0 Å². The van der Waals surface area contributed by atoms with Crippen LogP contribution in [-0.2, 0) is 0 Å². The molecule has 4 nitrogen and oxygen atoms in total. The Morgan fingerprint density at radius 3 is 2.57 bits per heavy atom. The molecule has 0 radical (unpaired) electrons. The Balaban J connectivity index is 2.19. The van der Waals surface area contributed by atoms with Crippen LogP contribution in [0.4, 0.5) is 5.69 Å². The molecule has 1 heterocycles. The quantitative estimate of drug-likeness (QED) is 0.729. The van der Waals surface area contributed by atoms with Crippen molar-refractivity contribution in [3.05, 3.63) is 42.7 Å². The molecule has 0 aliphatic heterocycles. The van der Waals surface area contributed by atoms with Gasteiger partial charge in [-0.25, -0.2) is 9.97 Å². The third-order valence-corrected chi connectivity index (χ3v) is 1.61. The first-order chi connectivity index (χ1) is 6.84. The zero-order valence-corrected chi connectivity index (χ0v) is 7.42. The lowest BCUT2D eigenvalue weighted by molar-refractivity contribution is 0.442. The third kappa shape index (κ3) is 1.98. The Morgan fingerprint density at radius 1 is 1.07 bits per heavy atom. The van der Waals surface area contributed by atoms with Gasteiger partial charge in [-0.1, -0.05) is 6.07 Å². The molecule has 2 aromatic rings. The van der Waals surface area contributed by atoms with E-state index in [2.05, 4.69) is 9.97 Å². The standard InChI is InChI=1S/C10H9N3O/c11-8-3-1-4-9(7-8)14-10-12-5-2-6-13-10/h1-7H,11H2. The van der Waals surface area contributed by atoms with Crippen molar-refractivity contribution >= 4 is 5.69 Å². The minimum Gasteiger partial charge on any atom is -0.424 e. The van der Waals surface area contributed by atoms with Crippen LogP contribution >= 0.6 is 0 Å². The van der Waals surface area contributed by atoms with Crippen molar-refractivity contribution in [2.75, 3.05) is 5.73 Å². The number of hydrogen-bond donors (Lipinski definition) is 1. The molecule has 14 heavy (non-hydrogen) atoms. The molecule has 2 N–H and O–H groups in total. The first-order valence-corrected chi connectivity index (χ1v) is 4.15. The summed E-state index contributed by atoms with van der Waals surface area (Å²) in [4.78, 5) is 7.86. The van der Waals surface area contributed by atoms with Crippen molar-refractivity contribution in [3.63, 3.8) is 0 Å². The minimum absolute atomic E-state index is 0.318. The van der Waals surface area contributed by atoms with E-state index in [1.54, 1.807) is 36.7 Å². The second kappa shape index (κ2) is 3.74. The average Bonchev–Trinajstić information content (AvgIpc) is 2.19. The molecular formula is C10H9N3O. The maximum atomic E-state index is 5.59. The van der Waals surface area contributed by atoms with Crippen molar-refractivity contribution in [2.45, 2.75) is 0 Å². The van der Waals surface area contributed by atoms with Crippen molar-refractivity contribution in [2.24, 2.45) is 0 Å². The number of benzene rings is 1. The summed E-state index contributed by atoms with van der Waals surface area (Å²) in [5.74, 6) is 0.635. The van der Waals surface area contributed by atoms with E-state index >= 15 is 0 Å². The van der Waals surface area contributed by atoms with Crippen LogP contribution < -0.4 is 10.5 Å². The van der Waals surface area contributed by atoms with Gasteiger partial charge in [0.2, 0.25) is 0 Å². The molecule has 70 valence electrons. The van der Waals surface area contributed by atoms with Crippen LogP contribution in [0.3, 0.4) is 0 Å². The molecule has 0 saturated heterocycles. The number of nitrogens with two attached hydrogens (primary N) is 1. The van der Waals surface area contributed by atoms with Crippen LogP contribution in [0.15, 0.2) is 42.7 Å². The van der Waals surface area contributed by atoms with Gasteiger partial charge in [0.25, 0.3) is 0 Å². The molecule has 4 heteroatoms. The molecule has 0 aliphatic rings. The fraction of sp³-hybridized carbons (Fsp3) is 0. The van der Waals surface area contributed by atoms with E-state index in [1.807, 2.05) is 6.07 Å². The van der Waals surface area contributed by atoms with Gasteiger partial charge in [-0.15, -0.1) is 0 Å². The SMILES string of the molecule is Nc1cccc(Oc2ncccn2)c1. The van der Waals surface area contributed by atoms with E-state index in [-0.39, 0.29) is 0 Å². The predicted molar refractivity (Wildman–Crippen MR) is 53.0 cm³/mol. The molecule has 0 aliphatic carbocycles. The zero-order chi connectivity index (χ0) is 9.80. The molecule has 0 bridgehead atoms. The average molecular weight is 187 g/mol. The Kier molecular flexibility index (Phi) is 2.27. The smallest absolute Gasteiger partial charge is 0.321 e. The summed E-state index contributed by atoms with van der Waals surface area (Å²) in [5, 5.41) is 0. The summed E-state index contributed by atoms with van der Waals surface area (Å²) >= 11 is 0. The highest BCUT2D eigenvalue weighted by Gasteiger charge is 1.98. The Morgan fingerprint density at radius 2 is 1.86 bits per heavy atom. The summed E-state index contributed by atoms with van der Waals surface area (Å²) in [6.07, 6.45) is 3.24. The number of aromatic nitrogens is 2. The van der Waals surface area contributed by atoms with Crippen molar-refractivity contribution in [3.8, 4) is 11.8 Å². The lowest BCUT2D eigenvalue weighted by atomic mass is 10.3. The number of nitrogens with zero attached hydrogens (tertiary/aromatic N) is 2. The van der Waals surface area contributed by atoms with Gasteiger partial charge in [0, 0.05) is 24.1 Å². The summed E-state index contributed by atoms with van der Waals surface area (Å²) in [7, 11) is 0. The monoisotopic (exact) mass is 187 g/mol. The number of rotatable bonds is 2. The lowest BCUT2D eigenvalue weighted by Gasteiger charge is -2.02. The van der Waals surface area contributed by atoms with Crippen molar-refractivity contribution in [1.82, 2.24) is 9.97 Å². The van der Waals surface area contributed by atoms with Crippen LogP contribution in [0.2, 0.25) is 0 Å². The van der Waals surface area contributed by atoms with Crippen LogP contribution in [0.25, 0.3) is 0 Å². The first kappa shape index (κ1) is 8.50. The second-order valence-electron chi connectivity index (χ2n) is 2.71. The van der Waals surface area contributed by atoms with E-state index in [0.717, 1.165) is 0 Å². The number of anilines is 1. The normalized spacial score (nSPS) is 9.71. The summed E-state index contributed by atoms with van der Waals surface area (Å²) in [6, 6.07) is 9.17. The van der Waals surface area contributed by atoms with Gasteiger partial charge in [0.05, 0.1) is 0 Å². The lowest BCUT2D eigenvalue weighted by Crippen LogP contribution is -1.91. The van der Waals surface area contributed by atoms with E-state index in [1.165, 1.54) is 0 Å². The maximum Gasteiger partial charge on any atom is 0.321 e. The van der Waals surface area contributed by atoms with Gasteiger partial charge in [-0.05, 0) is 18.2 Å². The van der Waals surface area contributed by atoms with Crippen molar-refractivity contribution < 1.29 is 4.74 Å². The molecule has 0 spiro atoms. The minimum atomic E-state index is 0.318. The predicted octanol–water partition coefficient (Wildman–Crippen LogP) is 1.85. The van der Waals surface area contributed by atoms with Gasteiger partial charge in [0.15, 0.2) is 0 Å². The van der Waals surface area contributed by atoms with Crippen LogP contribution in [0.1, 0.15) is 0 Å². The molecule has 1 aromatic heterocycles. The zero-order valence-electron chi connectivity index (χ0n) is 7.42. The summed E-state index contributed by atoms with van der Waals surface area (Å²) < 4.78 is 5.36. The van der Waals surface area contributed by atoms with Gasteiger partial charge >= 0.3 is 6.01 Å². The van der Waals surface area contributed by atoms with Crippen molar-refractivity contribution in [1.29, 1.82) is 0 Å². The van der Waals surface area contributed by atoms with E-state index in [4.69, 9.17) is 10.5 Å². The Hall–Kier alpha value is -2.10. The fourth-order valence-electron chi connectivity index (χ4n) is 1.02. The number of nitrogen functional groups attached to an aromatic ring is 1. The molecule has 1 aromatic carbocycles. The number of hydrogen-bond acceptors (Lipinski definition) is 4. The second-order valence-corrected chi connectivity index (χ2v) is 2.71. The van der Waals surface area contributed by atoms with Gasteiger partial charge in [-0.2, -0.15) is 0 Å². The van der Waals surface area contributed by atoms with Gasteiger partial charge in [0.1, 0.15) is 5.75 Å². The molecule has 0 amide bonds. The highest BCUT2D eigenvalue weighted by Crippen LogP contribution is 2.18. The molecule has 0 fully saturated rings. The molecule has 0 unspecified atom stereocenters. The fourth-order valence-corrected chi connectivity index (χ4v) is 1.02. The molecular weight excluding hydrogens is 178 g/mol. The van der Waals surface area contributed by atoms with E-state index in [0.29, 0.717) is 17.4 Å². The number of ether oxygens (including phenoxy) is 1. The van der Waals surface area contributed by atoms with Crippen LogP contribution in [0.5, 0.6) is 11.8 Å². The molecule has 0 atom stereocenters. The maximum absolute atomic E-state index is 5.59. The highest BCUT2D eigenvalue weighted by molar-refractivity contribution is 5.44. The van der Waals surface area contributed by atoms with E-state index < -0.39 is 0 Å². The summed E-state index contributed by atoms with van der Waals surface area (Å²) in [6.45, 7) is 0. The first-order valence-electron chi connectivity index (χ1n) is 4.15. The van der Waals surface area contributed by atoms with Gasteiger partial charge in [-0.3, -0.25) is 0 Å². The Labute approximate surface area is 81.4 Å². The van der Waals surface area contributed by atoms with Crippen LogP contribution in [-0.4, -0.2) is 9.97 Å². The van der Waals surface area contributed by atoms with Gasteiger partial charge < -0.3 is 10.5 Å². The Bertz CT molecular complexity index is 417. The largest absolute Gasteiger partial charge is 0.424 e. The third-order valence-electron chi connectivity index (χ3n) is 1.61. The molecule has 0 saturated carbocycles. The molecule has 2 rings (SSSR count).